The highest BCUT2D eigenvalue weighted by Crippen LogP contribution is 2.29. The van der Waals surface area contributed by atoms with Gasteiger partial charge in [0.15, 0.2) is 5.01 Å². The average Bonchev–Trinajstić information content (AvgIpc) is 3.34. The van der Waals surface area contributed by atoms with Crippen LogP contribution in [0.15, 0.2) is 52.9 Å². The van der Waals surface area contributed by atoms with Gasteiger partial charge in [-0.05, 0) is 30.2 Å². The van der Waals surface area contributed by atoms with Gasteiger partial charge in [-0.3, -0.25) is 9.35 Å². The highest BCUT2D eigenvalue weighted by atomic mass is 32.2. The number of ketones is 1. The number of benzene rings is 2. The Balaban J connectivity index is 1.61. The van der Waals surface area contributed by atoms with Crippen LogP contribution in [0.5, 0.6) is 0 Å². The van der Waals surface area contributed by atoms with E-state index < -0.39 is 23.1 Å². The molecule has 142 valence electrons. The Morgan fingerprint density at radius 1 is 1.18 bits per heavy atom. The van der Waals surface area contributed by atoms with Crippen molar-refractivity contribution in [1.29, 1.82) is 0 Å². The van der Waals surface area contributed by atoms with Crippen LogP contribution < -0.4 is 4.72 Å². The lowest BCUT2D eigenvalue weighted by molar-refractivity contribution is 0.1000. The fraction of sp³-hybridized carbons (Fsp3) is 0.111. The Bertz CT molecular complexity index is 1170. The van der Waals surface area contributed by atoms with Gasteiger partial charge in [0.1, 0.15) is 0 Å². The zero-order chi connectivity index (χ0) is 19.7. The topological polar surface area (TPSA) is 118 Å². The molecule has 28 heavy (non-hydrogen) atoms. The quantitative estimate of drug-likeness (QED) is 0.367. The Labute approximate surface area is 166 Å². The number of nitrogens with one attached hydrogen (secondary N) is 1. The second-order valence-electron chi connectivity index (χ2n) is 5.93. The van der Waals surface area contributed by atoms with E-state index in [1.807, 2.05) is 48.5 Å². The molecule has 0 radical (unpaired) electrons. The number of aromatic nitrogens is 3. The van der Waals surface area contributed by atoms with Crippen molar-refractivity contribution in [2.45, 2.75) is 13.0 Å². The van der Waals surface area contributed by atoms with E-state index in [4.69, 9.17) is 8.97 Å². The first-order chi connectivity index (χ1) is 13.5. The highest BCUT2D eigenvalue weighted by Gasteiger charge is 2.23. The fourth-order valence-electron chi connectivity index (χ4n) is 2.63. The summed E-state index contributed by atoms with van der Waals surface area (Å²) in [5.74, 6) is -0.661. The molecule has 0 amide bonds. The first kappa shape index (κ1) is 18.6. The van der Waals surface area contributed by atoms with Crippen LogP contribution in [0.3, 0.4) is 0 Å². The van der Waals surface area contributed by atoms with Crippen LogP contribution in [-0.4, -0.2) is 29.7 Å². The van der Waals surface area contributed by atoms with Crippen LogP contribution in [0.2, 0.25) is 0 Å². The van der Waals surface area contributed by atoms with Crippen LogP contribution in [0.1, 0.15) is 34.5 Å². The van der Waals surface area contributed by atoms with Gasteiger partial charge in [-0.2, -0.15) is 0 Å². The van der Waals surface area contributed by atoms with Gasteiger partial charge < -0.3 is 4.42 Å². The monoisotopic (exact) mass is 414 g/mol. The van der Waals surface area contributed by atoms with Gasteiger partial charge in [0.2, 0.25) is 17.2 Å². The molecule has 2 heterocycles. The third-order valence-corrected chi connectivity index (χ3v) is 5.54. The first-order valence-electron chi connectivity index (χ1n) is 8.22. The SMILES string of the molecule is C[C@@H](NS(=O)O)c1nnc(C(=O)c2nc3ccc(-c4ccccc4)cc3s2)o1. The predicted molar refractivity (Wildman–Crippen MR) is 105 cm³/mol. The van der Waals surface area contributed by atoms with E-state index in [1.165, 1.54) is 11.3 Å². The molecule has 2 aromatic carbocycles. The average molecular weight is 414 g/mol. The van der Waals surface area contributed by atoms with Crippen LogP contribution in [0.4, 0.5) is 0 Å². The second kappa shape index (κ2) is 7.68. The van der Waals surface area contributed by atoms with Crippen LogP contribution in [0, 0.1) is 0 Å². The predicted octanol–water partition coefficient (Wildman–Crippen LogP) is 3.36. The number of rotatable bonds is 6. The molecular formula is C18H14N4O4S2. The van der Waals surface area contributed by atoms with Crippen molar-refractivity contribution in [1.82, 2.24) is 19.9 Å². The lowest BCUT2D eigenvalue weighted by Crippen LogP contribution is -2.20. The minimum Gasteiger partial charge on any atom is -0.416 e. The zero-order valence-electron chi connectivity index (χ0n) is 14.5. The Hall–Kier alpha value is -2.79. The Kier molecular flexibility index (Phi) is 5.09. The van der Waals surface area contributed by atoms with Crippen molar-refractivity contribution in [3.63, 3.8) is 0 Å². The summed E-state index contributed by atoms with van der Waals surface area (Å²) in [6.07, 6.45) is 0. The summed E-state index contributed by atoms with van der Waals surface area (Å²) < 4.78 is 28.2. The van der Waals surface area contributed by atoms with E-state index in [0.717, 1.165) is 15.8 Å². The van der Waals surface area contributed by atoms with E-state index in [1.54, 1.807) is 6.92 Å². The van der Waals surface area contributed by atoms with Gasteiger partial charge in [-0.25, -0.2) is 13.9 Å². The van der Waals surface area contributed by atoms with Gasteiger partial charge in [0, 0.05) is 0 Å². The standard InChI is InChI=1S/C18H14N4O4S2/c1-10(22-28(24)25)16-20-21-17(26-16)15(23)18-19-13-8-7-12(9-14(13)27-18)11-5-3-2-4-6-11/h2-10,22H,1H3,(H,24,25)/t10-/m1/s1. The Morgan fingerprint density at radius 3 is 2.71 bits per heavy atom. The molecule has 0 saturated carbocycles. The maximum atomic E-state index is 12.7. The Morgan fingerprint density at radius 2 is 1.96 bits per heavy atom. The summed E-state index contributed by atoms with van der Waals surface area (Å²) in [5, 5.41) is 7.73. The minimum absolute atomic E-state index is 0.0400. The smallest absolute Gasteiger partial charge is 0.291 e. The molecule has 2 aromatic heterocycles. The fourth-order valence-corrected chi connectivity index (χ4v) is 3.97. The van der Waals surface area contributed by atoms with E-state index in [0.29, 0.717) is 5.52 Å². The number of carbonyl (C=O) groups is 1. The molecule has 2 N–H and O–H groups in total. The summed E-state index contributed by atoms with van der Waals surface area (Å²) in [4.78, 5) is 17.0. The number of hydrogen-bond acceptors (Lipinski definition) is 7. The van der Waals surface area contributed by atoms with Gasteiger partial charge >= 0.3 is 0 Å². The van der Waals surface area contributed by atoms with E-state index >= 15 is 0 Å². The largest absolute Gasteiger partial charge is 0.416 e. The normalized spacial score (nSPS) is 13.5. The van der Waals surface area contributed by atoms with Gasteiger partial charge in [-0.15, -0.1) is 21.5 Å². The lowest BCUT2D eigenvalue weighted by Gasteiger charge is -2.03. The van der Waals surface area contributed by atoms with E-state index in [-0.39, 0.29) is 16.8 Å². The van der Waals surface area contributed by atoms with Gasteiger partial charge in [-0.1, -0.05) is 36.4 Å². The second-order valence-corrected chi connectivity index (χ2v) is 7.70. The summed E-state index contributed by atoms with van der Waals surface area (Å²) in [6.45, 7) is 1.57. The molecule has 10 heteroatoms. The molecule has 8 nitrogen and oxygen atoms in total. The minimum atomic E-state index is -2.24. The summed E-state index contributed by atoms with van der Waals surface area (Å²) in [7, 11) is 0. The maximum absolute atomic E-state index is 12.7. The molecule has 2 atom stereocenters. The molecule has 4 rings (SSSR count). The molecule has 0 spiro atoms. The third-order valence-electron chi connectivity index (χ3n) is 3.97. The number of thiazole rings is 1. The molecule has 4 aromatic rings. The maximum Gasteiger partial charge on any atom is 0.291 e. The highest BCUT2D eigenvalue weighted by molar-refractivity contribution is 7.77. The zero-order valence-corrected chi connectivity index (χ0v) is 16.2. The molecule has 1 unspecified atom stereocenters. The summed E-state index contributed by atoms with van der Waals surface area (Å²) in [5.41, 5.74) is 2.82. The van der Waals surface area contributed by atoms with Crippen LogP contribution in [0.25, 0.3) is 21.3 Å². The van der Waals surface area contributed by atoms with Crippen LogP contribution in [-0.2, 0) is 11.3 Å². The first-order valence-corrected chi connectivity index (χ1v) is 10.1. The lowest BCUT2D eigenvalue weighted by atomic mass is 10.1. The number of fused-ring (bicyclic) bond motifs is 1. The molecule has 0 saturated heterocycles. The van der Waals surface area contributed by atoms with Gasteiger partial charge in [0.25, 0.3) is 11.7 Å². The third kappa shape index (κ3) is 3.76. The van der Waals surface area contributed by atoms with Crippen molar-refractivity contribution in [2.75, 3.05) is 0 Å². The molecule has 0 aliphatic carbocycles. The van der Waals surface area contributed by atoms with Gasteiger partial charge in [0.05, 0.1) is 16.3 Å². The molecule has 0 aliphatic heterocycles. The summed E-state index contributed by atoms with van der Waals surface area (Å²) in [6, 6.07) is 15.1. The molecule has 0 bridgehead atoms. The van der Waals surface area contributed by atoms with Crippen LogP contribution >= 0.6 is 11.3 Å². The van der Waals surface area contributed by atoms with Crippen molar-refractivity contribution in [2.24, 2.45) is 0 Å². The van der Waals surface area contributed by atoms with Crippen molar-refractivity contribution in [3.05, 3.63) is 65.3 Å². The molecule has 0 aliphatic rings. The number of nitrogens with zero attached hydrogens (tertiary/aromatic N) is 3. The van der Waals surface area contributed by atoms with Crippen molar-refractivity contribution < 1.29 is 18.0 Å². The number of carbonyl (C=O) groups excluding carboxylic acids is 1. The van der Waals surface area contributed by atoms with E-state index in [2.05, 4.69) is 19.9 Å². The molecular weight excluding hydrogens is 400 g/mol. The van der Waals surface area contributed by atoms with E-state index in [9.17, 15) is 9.00 Å². The van der Waals surface area contributed by atoms with Crippen molar-refractivity contribution in [3.8, 4) is 11.1 Å². The summed E-state index contributed by atoms with van der Waals surface area (Å²) >= 11 is -0.991. The molecule has 0 fully saturated rings. The van der Waals surface area contributed by atoms with Crippen molar-refractivity contribution >= 4 is 38.6 Å². The number of hydrogen-bond donors (Lipinski definition) is 2.